The van der Waals surface area contributed by atoms with Gasteiger partial charge in [-0.05, 0) is 19.3 Å². The van der Waals surface area contributed by atoms with Gasteiger partial charge in [-0.1, -0.05) is 13.8 Å². The van der Waals surface area contributed by atoms with Crippen molar-refractivity contribution in [2.45, 2.75) is 32.8 Å². The van der Waals surface area contributed by atoms with Gasteiger partial charge in [0.05, 0.1) is 11.4 Å². The van der Waals surface area contributed by atoms with Crippen molar-refractivity contribution in [2.75, 3.05) is 18.8 Å². The number of sulfonamides is 1. The molecule has 1 aliphatic heterocycles. The van der Waals surface area contributed by atoms with Gasteiger partial charge in [-0.3, -0.25) is 0 Å². The molecule has 0 amide bonds. The van der Waals surface area contributed by atoms with Gasteiger partial charge in [0.15, 0.2) is 0 Å². The predicted octanol–water partition coefficient (Wildman–Crippen LogP) is 0.429. The third-order valence-electron chi connectivity index (χ3n) is 2.35. The van der Waals surface area contributed by atoms with Gasteiger partial charge in [-0.25, -0.2) is 8.42 Å². The first-order valence-electron chi connectivity index (χ1n) is 4.93. The lowest BCUT2D eigenvalue weighted by Crippen LogP contribution is -2.36. The fourth-order valence-corrected chi connectivity index (χ4v) is 3.57. The number of hydrogen-bond donors (Lipinski definition) is 1. The smallest absolute Gasteiger partial charge is 0.214 e. The molecule has 1 aliphatic rings. The van der Waals surface area contributed by atoms with Crippen LogP contribution in [0.15, 0.2) is 0 Å². The predicted molar refractivity (Wildman–Crippen MR) is 55.4 cm³/mol. The number of aliphatic hydroxyl groups is 1. The number of hydrogen-bond acceptors (Lipinski definition) is 3. The Bertz CT molecular complexity index is 295. The summed E-state index contributed by atoms with van der Waals surface area (Å²) in [5, 5.41) is 9.66. The van der Waals surface area contributed by atoms with Crippen LogP contribution in [0.5, 0.6) is 0 Å². The van der Waals surface area contributed by atoms with E-state index in [1.807, 2.05) is 13.8 Å². The minimum atomic E-state index is -3.16. The summed E-state index contributed by atoms with van der Waals surface area (Å²) in [6.07, 6.45) is 0.532. The topological polar surface area (TPSA) is 57.6 Å². The summed E-state index contributed by atoms with van der Waals surface area (Å²) in [6, 6.07) is 0. The maximum absolute atomic E-state index is 11.7. The van der Waals surface area contributed by atoms with Gasteiger partial charge in [0, 0.05) is 13.1 Å². The van der Waals surface area contributed by atoms with Crippen molar-refractivity contribution in [1.29, 1.82) is 0 Å². The van der Waals surface area contributed by atoms with Gasteiger partial charge < -0.3 is 5.11 Å². The zero-order chi connectivity index (χ0) is 11.0. The quantitative estimate of drug-likeness (QED) is 0.752. The Morgan fingerprint density at radius 1 is 1.50 bits per heavy atom. The first-order chi connectivity index (χ1) is 6.23. The van der Waals surface area contributed by atoms with E-state index in [0.717, 1.165) is 0 Å². The van der Waals surface area contributed by atoms with Crippen LogP contribution in [0.2, 0.25) is 0 Å². The van der Waals surface area contributed by atoms with E-state index in [0.29, 0.717) is 13.0 Å². The second-order valence-electron chi connectivity index (χ2n) is 4.75. The molecule has 0 saturated carbocycles. The average Bonchev–Trinajstić information content (AvgIpc) is 2.27. The van der Waals surface area contributed by atoms with Crippen LogP contribution in [0.4, 0.5) is 0 Å². The van der Waals surface area contributed by atoms with E-state index in [9.17, 15) is 13.5 Å². The molecule has 1 atom stereocenters. The van der Waals surface area contributed by atoms with E-state index >= 15 is 0 Å². The summed E-state index contributed by atoms with van der Waals surface area (Å²) < 4.78 is 24.9. The second kappa shape index (κ2) is 3.79. The lowest BCUT2D eigenvalue weighted by Gasteiger charge is -2.19. The average molecular weight is 221 g/mol. The minimum absolute atomic E-state index is 0.130. The SMILES string of the molecule is CC(C)CS(=O)(=O)N1CCC(C)(O)C1. The Morgan fingerprint density at radius 2 is 2.07 bits per heavy atom. The van der Waals surface area contributed by atoms with Crippen molar-refractivity contribution in [1.82, 2.24) is 4.31 Å². The van der Waals surface area contributed by atoms with Crippen LogP contribution < -0.4 is 0 Å². The number of β-amino-alcohol motifs (C(OH)–C–C–N with tert-alkyl or cyclic N) is 1. The molecule has 14 heavy (non-hydrogen) atoms. The molecule has 0 spiro atoms. The summed E-state index contributed by atoms with van der Waals surface area (Å²) in [7, 11) is -3.16. The summed E-state index contributed by atoms with van der Waals surface area (Å²) in [6.45, 7) is 6.12. The zero-order valence-corrected chi connectivity index (χ0v) is 9.84. The van der Waals surface area contributed by atoms with E-state index in [-0.39, 0.29) is 18.2 Å². The van der Waals surface area contributed by atoms with Crippen molar-refractivity contribution in [3.63, 3.8) is 0 Å². The van der Waals surface area contributed by atoms with Crippen molar-refractivity contribution in [3.05, 3.63) is 0 Å². The largest absolute Gasteiger partial charge is 0.389 e. The summed E-state index contributed by atoms with van der Waals surface area (Å²) in [4.78, 5) is 0. The Balaban J connectivity index is 2.67. The lowest BCUT2D eigenvalue weighted by molar-refractivity contribution is 0.0762. The van der Waals surface area contributed by atoms with Gasteiger partial charge >= 0.3 is 0 Å². The van der Waals surface area contributed by atoms with E-state index in [1.54, 1.807) is 6.92 Å². The van der Waals surface area contributed by atoms with Crippen LogP contribution in [0.1, 0.15) is 27.2 Å². The fraction of sp³-hybridized carbons (Fsp3) is 1.00. The fourth-order valence-electron chi connectivity index (χ4n) is 1.67. The first-order valence-corrected chi connectivity index (χ1v) is 6.54. The molecule has 1 unspecified atom stereocenters. The molecule has 1 fully saturated rings. The standard InChI is InChI=1S/C9H19NO3S/c1-8(2)6-14(12,13)10-5-4-9(3,11)7-10/h8,11H,4-7H2,1-3H3. The highest BCUT2D eigenvalue weighted by Gasteiger charge is 2.37. The number of rotatable bonds is 3. The van der Waals surface area contributed by atoms with Crippen LogP contribution in [-0.2, 0) is 10.0 Å². The van der Waals surface area contributed by atoms with Gasteiger partial charge in [0.25, 0.3) is 0 Å². The van der Waals surface area contributed by atoms with Gasteiger partial charge in [0.2, 0.25) is 10.0 Å². The third kappa shape index (κ3) is 2.93. The molecule has 0 aromatic heterocycles. The van der Waals surface area contributed by atoms with E-state index < -0.39 is 15.6 Å². The molecule has 1 saturated heterocycles. The van der Waals surface area contributed by atoms with Crippen molar-refractivity contribution < 1.29 is 13.5 Å². The van der Waals surface area contributed by atoms with Crippen LogP contribution in [0, 0.1) is 5.92 Å². The summed E-state index contributed by atoms with van der Waals surface area (Å²) in [5.74, 6) is 0.300. The Morgan fingerprint density at radius 3 is 2.43 bits per heavy atom. The highest BCUT2D eigenvalue weighted by atomic mass is 32.2. The van der Waals surface area contributed by atoms with E-state index in [4.69, 9.17) is 0 Å². The molecule has 84 valence electrons. The zero-order valence-electron chi connectivity index (χ0n) is 9.02. The second-order valence-corrected chi connectivity index (χ2v) is 6.77. The van der Waals surface area contributed by atoms with Crippen molar-refractivity contribution >= 4 is 10.0 Å². The highest BCUT2D eigenvalue weighted by Crippen LogP contribution is 2.23. The summed E-state index contributed by atoms with van der Waals surface area (Å²) in [5.41, 5.74) is -0.843. The maximum Gasteiger partial charge on any atom is 0.214 e. The monoisotopic (exact) mass is 221 g/mol. The molecule has 5 heteroatoms. The molecule has 0 bridgehead atoms. The van der Waals surface area contributed by atoms with Crippen LogP contribution in [-0.4, -0.2) is 42.3 Å². The van der Waals surface area contributed by atoms with Crippen molar-refractivity contribution in [2.24, 2.45) is 5.92 Å². The molecule has 4 nitrogen and oxygen atoms in total. The lowest BCUT2D eigenvalue weighted by atomic mass is 10.1. The van der Waals surface area contributed by atoms with Gasteiger partial charge in [-0.2, -0.15) is 4.31 Å². The molecule has 0 aromatic carbocycles. The molecule has 1 heterocycles. The number of nitrogens with zero attached hydrogens (tertiary/aromatic N) is 1. The van der Waals surface area contributed by atoms with Crippen molar-refractivity contribution in [3.8, 4) is 0 Å². The normalized spacial score (nSPS) is 30.1. The highest BCUT2D eigenvalue weighted by molar-refractivity contribution is 7.89. The molecule has 1 N–H and O–H groups in total. The molecule has 0 aliphatic carbocycles. The van der Waals surface area contributed by atoms with Crippen LogP contribution >= 0.6 is 0 Å². The van der Waals surface area contributed by atoms with Gasteiger partial charge in [-0.15, -0.1) is 0 Å². The molecule has 0 radical (unpaired) electrons. The maximum atomic E-state index is 11.7. The Kier molecular flexibility index (Phi) is 3.23. The minimum Gasteiger partial charge on any atom is -0.389 e. The molecular weight excluding hydrogens is 202 g/mol. The van der Waals surface area contributed by atoms with Crippen LogP contribution in [0.3, 0.4) is 0 Å². The first kappa shape index (κ1) is 11.9. The Labute approximate surface area is 86.0 Å². The van der Waals surface area contributed by atoms with Gasteiger partial charge in [0.1, 0.15) is 0 Å². The molecule has 0 aromatic rings. The van der Waals surface area contributed by atoms with E-state index in [2.05, 4.69) is 0 Å². The van der Waals surface area contributed by atoms with Crippen LogP contribution in [0.25, 0.3) is 0 Å². The summed E-state index contributed by atoms with van der Waals surface area (Å²) >= 11 is 0. The Hall–Kier alpha value is -0.130. The third-order valence-corrected chi connectivity index (χ3v) is 4.54. The van der Waals surface area contributed by atoms with E-state index in [1.165, 1.54) is 4.31 Å². The molecular formula is C9H19NO3S. The molecule has 1 rings (SSSR count).